The minimum absolute atomic E-state index is 0.419. The van der Waals surface area contributed by atoms with Gasteiger partial charge in [-0.25, -0.2) is 0 Å². The smallest absolute Gasteiger partial charge is 0.191 e. The molecule has 1 aliphatic rings. The topological polar surface area (TPSA) is 48.9 Å². The predicted molar refractivity (Wildman–Crippen MR) is 119 cm³/mol. The molecule has 0 saturated carbocycles. The van der Waals surface area contributed by atoms with Gasteiger partial charge in [0.2, 0.25) is 0 Å². The van der Waals surface area contributed by atoms with Crippen LogP contribution in [0.15, 0.2) is 52.8 Å². The Bertz CT molecular complexity index is 697. The van der Waals surface area contributed by atoms with Crippen molar-refractivity contribution in [1.82, 2.24) is 10.6 Å². The number of hydrogen-bond acceptors (Lipinski definition) is 4. The van der Waals surface area contributed by atoms with E-state index in [9.17, 15) is 0 Å². The molecule has 1 aliphatic heterocycles. The van der Waals surface area contributed by atoms with Gasteiger partial charge in [0.25, 0.3) is 0 Å². The van der Waals surface area contributed by atoms with Crippen molar-refractivity contribution in [3.05, 3.63) is 53.4 Å². The number of benzene rings is 1. The standard InChI is InChI=1S/C22H32N4OS/c1-18(16-27-17-19-7-4-3-5-8-19)15-24-22(23-2)25-20-10-12-26(13-11-20)21-9-6-14-28-21/h3-9,14,18,20H,10-13,15-17H2,1-2H3,(H2,23,24,25). The second kappa shape index (κ2) is 11.1. The molecular weight excluding hydrogens is 368 g/mol. The molecule has 0 bridgehead atoms. The first-order valence-electron chi connectivity index (χ1n) is 10.1. The molecule has 3 rings (SSSR count). The number of piperidine rings is 1. The molecule has 28 heavy (non-hydrogen) atoms. The summed E-state index contributed by atoms with van der Waals surface area (Å²) in [7, 11) is 1.84. The second-order valence-electron chi connectivity index (χ2n) is 7.42. The van der Waals surface area contributed by atoms with Gasteiger partial charge in [-0.15, -0.1) is 11.3 Å². The number of rotatable bonds is 8. The van der Waals surface area contributed by atoms with Crippen molar-refractivity contribution in [3.8, 4) is 0 Å². The first-order chi connectivity index (χ1) is 13.7. The number of nitrogens with one attached hydrogen (secondary N) is 2. The van der Waals surface area contributed by atoms with E-state index in [1.54, 1.807) is 0 Å². The summed E-state index contributed by atoms with van der Waals surface area (Å²) < 4.78 is 5.84. The molecule has 5 nitrogen and oxygen atoms in total. The van der Waals surface area contributed by atoms with Crippen molar-refractivity contribution < 1.29 is 4.74 Å². The molecule has 0 radical (unpaired) electrons. The Morgan fingerprint density at radius 1 is 1.21 bits per heavy atom. The van der Waals surface area contributed by atoms with Gasteiger partial charge in [0.15, 0.2) is 5.96 Å². The summed E-state index contributed by atoms with van der Waals surface area (Å²) in [4.78, 5) is 6.87. The first kappa shape index (κ1) is 20.7. The van der Waals surface area contributed by atoms with Gasteiger partial charge in [-0.3, -0.25) is 4.99 Å². The van der Waals surface area contributed by atoms with Crippen LogP contribution in [0.5, 0.6) is 0 Å². The average molecular weight is 401 g/mol. The third-order valence-corrected chi connectivity index (χ3v) is 5.94. The number of hydrogen-bond donors (Lipinski definition) is 2. The molecule has 1 aromatic heterocycles. The van der Waals surface area contributed by atoms with Gasteiger partial charge in [-0.1, -0.05) is 37.3 Å². The third-order valence-electron chi connectivity index (χ3n) is 5.01. The summed E-state index contributed by atoms with van der Waals surface area (Å²) in [5, 5.41) is 10.6. The maximum atomic E-state index is 5.84. The third kappa shape index (κ3) is 6.53. The fourth-order valence-electron chi connectivity index (χ4n) is 3.36. The van der Waals surface area contributed by atoms with Crippen molar-refractivity contribution in [1.29, 1.82) is 0 Å². The van der Waals surface area contributed by atoms with E-state index in [1.807, 2.05) is 36.6 Å². The maximum absolute atomic E-state index is 5.84. The van der Waals surface area contributed by atoms with Crippen LogP contribution in [0, 0.1) is 5.92 Å². The van der Waals surface area contributed by atoms with Crippen LogP contribution in [0.1, 0.15) is 25.3 Å². The summed E-state index contributed by atoms with van der Waals surface area (Å²) >= 11 is 1.82. The minimum atomic E-state index is 0.419. The molecule has 0 spiro atoms. The molecule has 2 heterocycles. The van der Waals surface area contributed by atoms with Crippen LogP contribution in [0.25, 0.3) is 0 Å². The molecule has 2 N–H and O–H groups in total. The van der Waals surface area contributed by atoms with Crippen LogP contribution in [-0.4, -0.2) is 45.3 Å². The minimum Gasteiger partial charge on any atom is -0.376 e. The Labute approximate surface area is 172 Å². The quantitative estimate of drug-likeness (QED) is 0.524. The lowest BCUT2D eigenvalue weighted by Crippen LogP contribution is -2.49. The number of nitrogens with zero attached hydrogens (tertiary/aromatic N) is 2. The van der Waals surface area contributed by atoms with E-state index in [4.69, 9.17) is 4.74 Å². The molecule has 0 amide bonds. The maximum Gasteiger partial charge on any atom is 0.191 e. The molecule has 1 saturated heterocycles. The fraction of sp³-hybridized carbons (Fsp3) is 0.500. The average Bonchev–Trinajstić information content (AvgIpc) is 3.27. The highest BCUT2D eigenvalue weighted by molar-refractivity contribution is 7.14. The highest BCUT2D eigenvalue weighted by Crippen LogP contribution is 2.24. The van der Waals surface area contributed by atoms with E-state index in [-0.39, 0.29) is 0 Å². The van der Waals surface area contributed by atoms with Crippen molar-refractivity contribution in [2.75, 3.05) is 38.2 Å². The number of ether oxygens (including phenoxy) is 1. The Hall–Kier alpha value is -2.05. The van der Waals surface area contributed by atoms with E-state index >= 15 is 0 Å². The van der Waals surface area contributed by atoms with Crippen LogP contribution in [0.4, 0.5) is 5.00 Å². The molecule has 1 fully saturated rings. The molecule has 2 aromatic rings. The van der Waals surface area contributed by atoms with Crippen LogP contribution in [0.2, 0.25) is 0 Å². The van der Waals surface area contributed by atoms with Crippen molar-refractivity contribution in [3.63, 3.8) is 0 Å². The van der Waals surface area contributed by atoms with Crippen LogP contribution < -0.4 is 15.5 Å². The summed E-state index contributed by atoms with van der Waals surface area (Å²) in [6, 6.07) is 15.1. The summed E-state index contributed by atoms with van der Waals surface area (Å²) in [5.41, 5.74) is 1.22. The van der Waals surface area contributed by atoms with Gasteiger partial charge in [-0.2, -0.15) is 0 Å². The summed E-state index contributed by atoms with van der Waals surface area (Å²) in [6.45, 7) is 6.64. The van der Waals surface area contributed by atoms with Gasteiger partial charge in [-0.05, 0) is 41.8 Å². The number of anilines is 1. The lowest BCUT2D eigenvalue weighted by atomic mass is 10.1. The van der Waals surface area contributed by atoms with Gasteiger partial charge >= 0.3 is 0 Å². The SMILES string of the molecule is CN=C(NCC(C)COCc1ccccc1)NC1CCN(c2cccs2)CC1. The molecule has 152 valence electrons. The van der Waals surface area contributed by atoms with E-state index in [0.29, 0.717) is 18.6 Å². The molecule has 1 aromatic carbocycles. The largest absolute Gasteiger partial charge is 0.376 e. The van der Waals surface area contributed by atoms with Crippen molar-refractivity contribution >= 4 is 22.3 Å². The van der Waals surface area contributed by atoms with E-state index in [1.165, 1.54) is 10.6 Å². The zero-order chi connectivity index (χ0) is 19.6. The highest BCUT2D eigenvalue weighted by atomic mass is 32.1. The van der Waals surface area contributed by atoms with Gasteiger partial charge in [0.05, 0.1) is 18.2 Å². The molecule has 6 heteroatoms. The van der Waals surface area contributed by atoms with Gasteiger partial charge < -0.3 is 20.3 Å². The summed E-state index contributed by atoms with van der Waals surface area (Å²) in [6.07, 6.45) is 2.27. The Morgan fingerprint density at radius 2 is 2.00 bits per heavy atom. The Balaban J connectivity index is 1.32. The highest BCUT2D eigenvalue weighted by Gasteiger charge is 2.20. The van der Waals surface area contributed by atoms with Crippen LogP contribution in [0.3, 0.4) is 0 Å². The predicted octanol–water partition coefficient (Wildman–Crippen LogP) is 3.73. The van der Waals surface area contributed by atoms with Crippen molar-refractivity contribution in [2.24, 2.45) is 10.9 Å². The molecular formula is C22H32N4OS. The van der Waals surface area contributed by atoms with Crippen LogP contribution >= 0.6 is 11.3 Å². The number of aliphatic imine (C=N–C) groups is 1. The lowest BCUT2D eigenvalue weighted by molar-refractivity contribution is 0.0931. The molecule has 1 unspecified atom stereocenters. The van der Waals surface area contributed by atoms with Gasteiger partial charge in [0, 0.05) is 32.7 Å². The van der Waals surface area contributed by atoms with E-state index in [0.717, 1.165) is 45.0 Å². The first-order valence-corrected chi connectivity index (χ1v) is 11.0. The molecule has 1 atom stereocenters. The lowest BCUT2D eigenvalue weighted by Gasteiger charge is -2.33. The van der Waals surface area contributed by atoms with Crippen LogP contribution in [-0.2, 0) is 11.3 Å². The van der Waals surface area contributed by atoms with Crippen molar-refractivity contribution in [2.45, 2.75) is 32.4 Å². The zero-order valence-corrected chi connectivity index (χ0v) is 17.8. The second-order valence-corrected chi connectivity index (χ2v) is 8.34. The Morgan fingerprint density at radius 3 is 2.68 bits per heavy atom. The zero-order valence-electron chi connectivity index (χ0n) is 16.9. The summed E-state index contributed by atoms with van der Waals surface area (Å²) in [5.74, 6) is 1.31. The van der Waals surface area contributed by atoms with E-state index < -0.39 is 0 Å². The monoisotopic (exact) mass is 400 g/mol. The fourth-order valence-corrected chi connectivity index (χ4v) is 4.15. The number of thiophene rings is 1. The molecule has 0 aliphatic carbocycles. The van der Waals surface area contributed by atoms with E-state index in [2.05, 4.69) is 57.1 Å². The van der Waals surface area contributed by atoms with Gasteiger partial charge in [0.1, 0.15) is 0 Å². The Kier molecular flexibility index (Phi) is 8.18. The normalized spacial score (nSPS) is 16.8. The number of guanidine groups is 1.